The summed E-state index contributed by atoms with van der Waals surface area (Å²) in [5, 5.41) is 0. The van der Waals surface area contributed by atoms with Crippen LogP contribution < -0.4 is 0 Å². The molecule has 61 heavy (non-hydrogen) atoms. The molecule has 0 radical (unpaired) electrons. The smallest absolute Gasteiger partial charge is 0.306 e. The predicted molar refractivity (Wildman–Crippen MR) is 260 cm³/mol. The van der Waals surface area contributed by atoms with Crippen molar-refractivity contribution in [1.82, 2.24) is 0 Å². The number of hydrogen-bond acceptors (Lipinski definition) is 6. The molecule has 1 unspecified atom stereocenters. The van der Waals surface area contributed by atoms with Crippen molar-refractivity contribution in [3.8, 4) is 0 Å². The zero-order valence-electron chi connectivity index (χ0n) is 39.1. The largest absolute Gasteiger partial charge is 0.462 e. The van der Waals surface area contributed by atoms with E-state index >= 15 is 0 Å². The first-order chi connectivity index (χ1) is 30.0. The maximum absolute atomic E-state index is 12.8. The summed E-state index contributed by atoms with van der Waals surface area (Å²) in [5.74, 6) is -1.03. The summed E-state index contributed by atoms with van der Waals surface area (Å²) >= 11 is 0. The van der Waals surface area contributed by atoms with Gasteiger partial charge in [-0.2, -0.15) is 0 Å². The van der Waals surface area contributed by atoms with Crippen molar-refractivity contribution < 1.29 is 28.6 Å². The van der Waals surface area contributed by atoms with Crippen LogP contribution in [-0.2, 0) is 28.6 Å². The highest BCUT2D eigenvalue weighted by Gasteiger charge is 2.19. The molecule has 0 aliphatic rings. The van der Waals surface area contributed by atoms with E-state index in [1.165, 1.54) is 57.8 Å². The molecule has 0 saturated carbocycles. The van der Waals surface area contributed by atoms with E-state index in [4.69, 9.17) is 14.2 Å². The first-order valence-electron chi connectivity index (χ1n) is 24.5. The molecule has 0 aliphatic heterocycles. The van der Waals surface area contributed by atoms with Crippen LogP contribution >= 0.6 is 0 Å². The first-order valence-corrected chi connectivity index (χ1v) is 24.5. The van der Waals surface area contributed by atoms with Gasteiger partial charge in [-0.1, -0.05) is 214 Å². The summed E-state index contributed by atoms with van der Waals surface area (Å²) in [4.78, 5) is 37.9. The molecule has 0 spiro atoms. The third-order valence-electron chi connectivity index (χ3n) is 9.91. The molecule has 0 saturated heterocycles. The molecule has 0 bridgehead atoms. The van der Waals surface area contributed by atoms with Crippen LogP contribution in [0.15, 0.2) is 109 Å². The Kier molecular flexibility index (Phi) is 45.6. The van der Waals surface area contributed by atoms with Crippen molar-refractivity contribution in [1.29, 1.82) is 0 Å². The summed E-state index contributed by atoms with van der Waals surface area (Å²) in [5.41, 5.74) is 0. The van der Waals surface area contributed by atoms with Gasteiger partial charge in [-0.15, -0.1) is 0 Å². The molecular weight excluding hydrogens is 757 g/mol. The second-order valence-electron chi connectivity index (χ2n) is 15.8. The molecule has 0 aromatic heterocycles. The average molecular weight is 845 g/mol. The third kappa shape index (κ3) is 47.0. The summed E-state index contributed by atoms with van der Waals surface area (Å²) < 4.78 is 16.7. The number of hydrogen-bond donors (Lipinski definition) is 0. The van der Waals surface area contributed by atoms with Gasteiger partial charge in [0.15, 0.2) is 6.10 Å². The van der Waals surface area contributed by atoms with Crippen molar-refractivity contribution in [3.05, 3.63) is 109 Å². The Hall–Kier alpha value is -3.93. The standard InChI is InChI=1S/C55H88O6/c1-4-7-10-13-16-19-22-25-27-30-33-36-39-42-45-48-54(57)60-51-52(50-59-53(56)47-44-41-38-35-32-29-24-21-18-15-12-9-6-3)61-55(58)49-46-43-40-37-34-31-28-26-23-20-17-14-11-8-5-2/h7-8,10-11,13-14,16-17,19-20,22-23,25,27,29,32,38,41,52H,4-6,9,12,15,18,21,24,26,28,30-31,33-37,39-40,42-51H2,1-3H3/b10-7-,11-8-,16-13-,17-14-,22-19-,23-20-,27-25-,32-29-,41-38-. The Bertz CT molecular complexity index is 1290. The van der Waals surface area contributed by atoms with Gasteiger partial charge in [0, 0.05) is 19.3 Å². The van der Waals surface area contributed by atoms with E-state index in [1.54, 1.807) is 0 Å². The summed E-state index contributed by atoms with van der Waals surface area (Å²) in [7, 11) is 0. The monoisotopic (exact) mass is 845 g/mol. The summed E-state index contributed by atoms with van der Waals surface area (Å²) in [6.45, 7) is 6.26. The van der Waals surface area contributed by atoms with E-state index in [9.17, 15) is 14.4 Å². The second-order valence-corrected chi connectivity index (χ2v) is 15.8. The number of rotatable bonds is 42. The molecule has 0 N–H and O–H groups in total. The van der Waals surface area contributed by atoms with Gasteiger partial charge in [0.05, 0.1) is 0 Å². The molecule has 0 aromatic carbocycles. The van der Waals surface area contributed by atoms with Gasteiger partial charge in [0.2, 0.25) is 0 Å². The predicted octanol–water partition coefficient (Wildman–Crippen LogP) is 16.0. The van der Waals surface area contributed by atoms with Crippen LogP contribution in [0.1, 0.15) is 201 Å². The molecule has 0 aliphatic carbocycles. The lowest BCUT2D eigenvalue weighted by atomic mass is 10.1. The van der Waals surface area contributed by atoms with E-state index < -0.39 is 6.10 Å². The minimum absolute atomic E-state index is 0.115. The quantitative estimate of drug-likeness (QED) is 0.0200. The van der Waals surface area contributed by atoms with Crippen LogP contribution in [0.5, 0.6) is 0 Å². The van der Waals surface area contributed by atoms with Crippen LogP contribution in [0, 0.1) is 0 Å². The van der Waals surface area contributed by atoms with E-state index in [-0.39, 0.29) is 37.5 Å². The van der Waals surface area contributed by atoms with Gasteiger partial charge in [0.1, 0.15) is 13.2 Å². The number of carbonyl (C=O) groups is 3. The Morgan fingerprint density at radius 3 is 1.23 bits per heavy atom. The van der Waals surface area contributed by atoms with E-state index in [2.05, 4.69) is 99.8 Å². The Labute approximate surface area is 374 Å². The highest BCUT2D eigenvalue weighted by atomic mass is 16.6. The minimum atomic E-state index is -0.818. The highest BCUT2D eigenvalue weighted by Crippen LogP contribution is 2.13. The Balaban J connectivity index is 4.53. The van der Waals surface area contributed by atoms with Crippen molar-refractivity contribution >= 4 is 17.9 Å². The maximum atomic E-state index is 12.8. The lowest BCUT2D eigenvalue weighted by molar-refractivity contribution is -0.166. The lowest BCUT2D eigenvalue weighted by Gasteiger charge is -2.18. The fourth-order valence-electron chi connectivity index (χ4n) is 6.27. The molecular formula is C55H88O6. The fraction of sp³-hybridized carbons (Fsp3) is 0.618. The molecule has 0 aromatic rings. The van der Waals surface area contributed by atoms with Crippen molar-refractivity contribution in [2.45, 2.75) is 207 Å². The molecule has 6 nitrogen and oxygen atoms in total. The molecule has 344 valence electrons. The molecule has 0 amide bonds. The normalized spacial score (nSPS) is 13.0. The van der Waals surface area contributed by atoms with Crippen molar-refractivity contribution in [2.75, 3.05) is 13.2 Å². The van der Waals surface area contributed by atoms with E-state index in [0.29, 0.717) is 19.3 Å². The van der Waals surface area contributed by atoms with Crippen LogP contribution in [-0.4, -0.2) is 37.2 Å². The summed E-state index contributed by atoms with van der Waals surface area (Å²) in [6.07, 6.45) is 65.1. The SMILES string of the molecule is CC\C=C/C=C\C=C/C=C\CCCCCCCC(=O)OCC(COC(=O)CC/C=C\C/C=C\CCCCCCCC)OC(=O)CCCCCCCCC\C=C/C=C\C=C/CC. The maximum Gasteiger partial charge on any atom is 0.306 e. The Morgan fingerprint density at radius 2 is 0.738 bits per heavy atom. The number of unbranched alkanes of at least 4 members (excludes halogenated alkanes) is 18. The molecule has 0 rings (SSSR count). The third-order valence-corrected chi connectivity index (χ3v) is 9.91. The molecule has 6 heteroatoms. The molecule has 0 fully saturated rings. The fourth-order valence-corrected chi connectivity index (χ4v) is 6.27. The first kappa shape index (κ1) is 57.1. The Morgan fingerprint density at radius 1 is 0.361 bits per heavy atom. The number of esters is 3. The summed E-state index contributed by atoms with van der Waals surface area (Å²) in [6, 6.07) is 0. The van der Waals surface area contributed by atoms with Crippen LogP contribution in [0.4, 0.5) is 0 Å². The van der Waals surface area contributed by atoms with Gasteiger partial charge >= 0.3 is 17.9 Å². The zero-order chi connectivity index (χ0) is 44.4. The van der Waals surface area contributed by atoms with Gasteiger partial charge < -0.3 is 14.2 Å². The van der Waals surface area contributed by atoms with E-state index in [0.717, 1.165) is 96.3 Å². The number of ether oxygens (including phenoxy) is 3. The van der Waals surface area contributed by atoms with Crippen molar-refractivity contribution in [3.63, 3.8) is 0 Å². The number of allylic oxidation sites excluding steroid dienone is 18. The van der Waals surface area contributed by atoms with Gasteiger partial charge in [-0.05, 0) is 77.0 Å². The average Bonchev–Trinajstić information content (AvgIpc) is 3.26. The van der Waals surface area contributed by atoms with Gasteiger partial charge in [-0.3, -0.25) is 14.4 Å². The van der Waals surface area contributed by atoms with Crippen molar-refractivity contribution in [2.24, 2.45) is 0 Å². The lowest BCUT2D eigenvalue weighted by Crippen LogP contribution is -2.30. The zero-order valence-corrected chi connectivity index (χ0v) is 39.1. The minimum Gasteiger partial charge on any atom is -0.462 e. The number of carbonyl (C=O) groups excluding carboxylic acids is 3. The van der Waals surface area contributed by atoms with Crippen LogP contribution in [0.25, 0.3) is 0 Å². The van der Waals surface area contributed by atoms with Crippen LogP contribution in [0.3, 0.4) is 0 Å². The topological polar surface area (TPSA) is 78.9 Å². The van der Waals surface area contributed by atoms with E-state index in [1.807, 2.05) is 30.4 Å². The second kappa shape index (κ2) is 48.7. The highest BCUT2D eigenvalue weighted by molar-refractivity contribution is 5.71. The molecule has 0 heterocycles. The van der Waals surface area contributed by atoms with Gasteiger partial charge in [0.25, 0.3) is 0 Å². The van der Waals surface area contributed by atoms with Gasteiger partial charge in [-0.25, -0.2) is 0 Å². The molecule has 1 atom stereocenters. The van der Waals surface area contributed by atoms with Crippen LogP contribution in [0.2, 0.25) is 0 Å².